The molecule has 0 bridgehead atoms. The Morgan fingerprint density at radius 3 is 2.32 bits per heavy atom. The zero-order valence-electron chi connectivity index (χ0n) is 16.1. The molecular formula is C18H17Cl3N4O5S. The van der Waals surface area contributed by atoms with Crippen LogP contribution in [0, 0.1) is 10.1 Å². The fourth-order valence-electron chi connectivity index (χ4n) is 2.36. The van der Waals surface area contributed by atoms with Crippen LogP contribution in [-0.4, -0.2) is 40.1 Å². The largest absolute Gasteiger partial charge is 0.497 e. The van der Waals surface area contributed by atoms with E-state index in [0.717, 1.165) is 0 Å². The number of carbonyl (C=O) groups excluding carboxylic acids is 1. The second kappa shape index (κ2) is 10.7. The third-order valence-electron chi connectivity index (χ3n) is 3.86. The number of halogens is 3. The minimum Gasteiger partial charge on any atom is -0.497 e. The van der Waals surface area contributed by atoms with Crippen LogP contribution in [-0.2, 0) is 0 Å². The Hall–Kier alpha value is -2.53. The van der Waals surface area contributed by atoms with Crippen molar-refractivity contribution in [3.63, 3.8) is 0 Å². The van der Waals surface area contributed by atoms with Crippen LogP contribution in [0.2, 0.25) is 0 Å². The summed E-state index contributed by atoms with van der Waals surface area (Å²) in [5.41, 5.74) is 0.0462. The molecule has 13 heteroatoms. The van der Waals surface area contributed by atoms with Crippen LogP contribution in [0.3, 0.4) is 0 Å². The Balaban J connectivity index is 2.17. The van der Waals surface area contributed by atoms with Crippen LogP contribution < -0.4 is 25.4 Å². The Kier molecular flexibility index (Phi) is 8.52. The first-order valence-corrected chi connectivity index (χ1v) is 10.0. The van der Waals surface area contributed by atoms with Gasteiger partial charge in [-0.25, -0.2) is 0 Å². The molecule has 0 aliphatic heterocycles. The number of nitrogens with one attached hydrogen (secondary N) is 3. The number of ether oxygens (including phenoxy) is 2. The van der Waals surface area contributed by atoms with Crippen molar-refractivity contribution in [3.05, 3.63) is 58.1 Å². The van der Waals surface area contributed by atoms with E-state index in [9.17, 15) is 14.9 Å². The first kappa shape index (κ1) is 24.7. The number of alkyl halides is 3. The lowest BCUT2D eigenvalue weighted by Crippen LogP contribution is -2.56. The number of rotatable bonds is 7. The van der Waals surface area contributed by atoms with Crippen LogP contribution >= 0.6 is 47.0 Å². The van der Waals surface area contributed by atoms with E-state index in [0.29, 0.717) is 11.5 Å². The number of nitro groups is 1. The van der Waals surface area contributed by atoms with Crippen LogP contribution in [0.4, 0.5) is 11.4 Å². The highest BCUT2D eigenvalue weighted by molar-refractivity contribution is 7.80. The van der Waals surface area contributed by atoms with Crippen LogP contribution in [0.1, 0.15) is 10.4 Å². The van der Waals surface area contributed by atoms with Crippen molar-refractivity contribution in [2.75, 3.05) is 19.5 Å². The highest BCUT2D eigenvalue weighted by atomic mass is 35.6. The van der Waals surface area contributed by atoms with Gasteiger partial charge in [0.2, 0.25) is 3.79 Å². The molecule has 1 unspecified atom stereocenters. The van der Waals surface area contributed by atoms with Crippen LogP contribution in [0.5, 0.6) is 11.5 Å². The van der Waals surface area contributed by atoms with Crippen LogP contribution in [0.25, 0.3) is 0 Å². The maximum Gasteiger partial charge on any atom is 0.296 e. The van der Waals surface area contributed by atoms with Gasteiger partial charge in [0, 0.05) is 5.56 Å². The number of nitro benzene ring substituents is 1. The summed E-state index contributed by atoms with van der Waals surface area (Å²) in [6, 6.07) is 10.5. The van der Waals surface area contributed by atoms with E-state index >= 15 is 0 Å². The molecule has 1 atom stereocenters. The predicted octanol–water partition coefficient (Wildman–Crippen LogP) is 4.02. The maximum atomic E-state index is 12.6. The van der Waals surface area contributed by atoms with Crippen molar-refractivity contribution in [2.24, 2.45) is 0 Å². The van der Waals surface area contributed by atoms with Gasteiger partial charge in [-0.1, -0.05) is 40.9 Å². The third-order valence-corrected chi connectivity index (χ3v) is 4.73. The number of carbonyl (C=O) groups is 1. The molecule has 0 aliphatic carbocycles. The Bertz CT molecular complexity index is 987. The van der Waals surface area contributed by atoms with Crippen molar-refractivity contribution in [3.8, 4) is 11.5 Å². The molecule has 2 aromatic carbocycles. The molecule has 0 heterocycles. The van der Waals surface area contributed by atoms with Gasteiger partial charge in [-0.15, -0.1) is 0 Å². The molecule has 2 rings (SSSR count). The smallest absolute Gasteiger partial charge is 0.296 e. The van der Waals surface area contributed by atoms with Gasteiger partial charge < -0.3 is 25.4 Å². The molecule has 0 aliphatic rings. The summed E-state index contributed by atoms with van der Waals surface area (Å²) in [6.07, 6.45) is -1.27. The van der Waals surface area contributed by atoms with E-state index in [1.165, 1.54) is 38.5 Å². The molecule has 1 amide bonds. The number of methoxy groups -OCH3 is 2. The topological polar surface area (TPSA) is 115 Å². The Morgan fingerprint density at radius 2 is 1.74 bits per heavy atom. The minimum absolute atomic E-state index is 0.0745. The zero-order chi connectivity index (χ0) is 23.2. The average molecular weight is 508 g/mol. The highest BCUT2D eigenvalue weighted by Crippen LogP contribution is 2.31. The van der Waals surface area contributed by atoms with Crippen molar-refractivity contribution in [2.45, 2.75) is 9.96 Å². The van der Waals surface area contributed by atoms with Crippen LogP contribution in [0.15, 0.2) is 42.5 Å². The fraction of sp³-hybridized carbons (Fsp3) is 0.222. The first-order chi connectivity index (χ1) is 14.5. The molecule has 0 radical (unpaired) electrons. The summed E-state index contributed by atoms with van der Waals surface area (Å²) < 4.78 is 8.07. The highest BCUT2D eigenvalue weighted by Gasteiger charge is 2.35. The summed E-state index contributed by atoms with van der Waals surface area (Å²) in [5, 5.41) is 19.0. The Labute approximate surface area is 198 Å². The maximum absolute atomic E-state index is 12.6. The number of hydrogen-bond acceptors (Lipinski definition) is 6. The molecule has 0 spiro atoms. The molecule has 3 N–H and O–H groups in total. The molecule has 9 nitrogen and oxygen atoms in total. The molecular weight excluding hydrogens is 491 g/mol. The van der Waals surface area contributed by atoms with Gasteiger partial charge in [0.1, 0.15) is 23.4 Å². The molecule has 0 aromatic heterocycles. The van der Waals surface area contributed by atoms with Crippen molar-refractivity contribution in [1.82, 2.24) is 10.6 Å². The van der Waals surface area contributed by atoms with E-state index in [2.05, 4.69) is 16.0 Å². The number of thiocarbonyl (C=S) groups is 1. The molecule has 31 heavy (non-hydrogen) atoms. The number of amides is 1. The normalized spacial score (nSPS) is 11.8. The summed E-state index contributed by atoms with van der Waals surface area (Å²) >= 11 is 23.1. The molecule has 0 saturated carbocycles. The number of benzene rings is 2. The molecule has 166 valence electrons. The minimum atomic E-state index is -2.01. The van der Waals surface area contributed by atoms with Crippen molar-refractivity contribution >= 4 is 69.4 Å². The average Bonchev–Trinajstić information content (AvgIpc) is 2.72. The predicted molar refractivity (Wildman–Crippen MR) is 124 cm³/mol. The van der Waals surface area contributed by atoms with Gasteiger partial charge in [-0.2, -0.15) is 0 Å². The van der Waals surface area contributed by atoms with Gasteiger partial charge in [0.05, 0.1) is 25.2 Å². The van der Waals surface area contributed by atoms with Crippen molar-refractivity contribution in [1.29, 1.82) is 0 Å². The van der Waals surface area contributed by atoms with Gasteiger partial charge in [0.25, 0.3) is 11.6 Å². The summed E-state index contributed by atoms with van der Waals surface area (Å²) in [5.74, 6) is 0.192. The van der Waals surface area contributed by atoms with Crippen molar-refractivity contribution < 1.29 is 19.2 Å². The molecule has 2 aromatic rings. The number of nitrogens with zero attached hydrogens (tertiary/aromatic N) is 1. The summed E-state index contributed by atoms with van der Waals surface area (Å²) in [4.78, 5) is 23.3. The van der Waals surface area contributed by atoms with E-state index in [1.807, 2.05) is 0 Å². The third kappa shape index (κ3) is 7.00. The second-order valence-corrected chi connectivity index (χ2v) is 8.70. The zero-order valence-corrected chi connectivity index (χ0v) is 19.2. The van der Waals surface area contributed by atoms with Gasteiger partial charge >= 0.3 is 0 Å². The standard InChI is InChI=1S/C18H17Cl3N4O5S/c1-29-11-5-3-4-10(8-11)15(26)23-16(18(19,20)21)24-17(31)22-13-7-6-12(30-2)9-14(13)25(27)28/h3-9,16H,1-2H3,(H,23,26)(H2,22,24,31). The van der Waals surface area contributed by atoms with Gasteiger partial charge in [-0.05, 0) is 42.5 Å². The lowest BCUT2D eigenvalue weighted by Gasteiger charge is -2.27. The van der Waals surface area contributed by atoms with E-state index in [1.54, 1.807) is 18.2 Å². The van der Waals surface area contributed by atoms with Gasteiger partial charge in [0.15, 0.2) is 5.11 Å². The van der Waals surface area contributed by atoms with E-state index in [4.69, 9.17) is 56.5 Å². The fourth-order valence-corrected chi connectivity index (χ4v) is 2.92. The van der Waals surface area contributed by atoms with E-state index in [-0.39, 0.29) is 22.1 Å². The monoisotopic (exact) mass is 506 g/mol. The quantitative estimate of drug-likeness (QED) is 0.169. The lowest BCUT2D eigenvalue weighted by atomic mass is 10.2. The SMILES string of the molecule is COc1cccc(C(=O)NC(NC(=S)Nc2ccc(OC)cc2[N+](=O)[O-])C(Cl)(Cl)Cl)c1. The molecule has 0 saturated heterocycles. The summed E-state index contributed by atoms with van der Waals surface area (Å²) in [6.45, 7) is 0. The number of anilines is 1. The van der Waals surface area contributed by atoms with E-state index < -0.39 is 20.8 Å². The Morgan fingerprint density at radius 1 is 1.10 bits per heavy atom. The first-order valence-electron chi connectivity index (χ1n) is 8.46. The summed E-state index contributed by atoms with van der Waals surface area (Å²) in [7, 11) is 2.85. The molecule has 0 fully saturated rings. The number of hydrogen-bond donors (Lipinski definition) is 3. The lowest BCUT2D eigenvalue weighted by molar-refractivity contribution is -0.384. The van der Waals surface area contributed by atoms with Gasteiger partial charge in [-0.3, -0.25) is 14.9 Å². The second-order valence-electron chi connectivity index (χ2n) is 5.92.